The second kappa shape index (κ2) is 3.75. The smallest absolute Gasteiger partial charge is 0.144 e. The predicted molar refractivity (Wildman–Crippen MR) is 59.7 cm³/mol. The van der Waals surface area contributed by atoms with Gasteiger partial charge in [0.05, 0.1) is 11.3 Å². The zero-order valence-electron chi connectivity index (χ0n) is 8.94. The highest BCUT2D eigenvalue weighted by molar-refractivity contribution is 7.15. The van der Waals surface area contributed by atoms with Gasteiger partial charge in [0, 0.05) is 17.1 Å². The maximum Gasteiger partial charge on any atom is 0.144 e. The Labute approximate surface area is 92.1 Å². The van der Waals surface area contributed by atoms with Gasteiger partial charge in [0.1, 0.15) is 10.8 Å². The fourth-order valence-electron chi connectivity index (χ4n) is 1.40. The van der Waals surface area contributed by atoms with Crippen molar-refractivity contribution in [2.75, 3.05) is 0 Å². The van der Waals surface area contributed by atoms with Gasteiger partial charge in [-0.25, -0.2) is 4.98 Å². The summed E-state index contributed by atoms with van der Waals surface area (Å²) < 4.78 is 5.10. The van der Waals surface area contributed by atoms with Crippen molar-refractivity contribution in [2.24, 2.45) is 5.73 Å². The van der Waals surface area contributed by atoms with Crippen molar-refractivity contribution in [3.63, 3.8) is 0 Å². The molecule has 1 atom stereocenters. The zero-order valence-corrected chi connectivity index (χ0v) is 9.76. The first-order valence-corrected chi connectivity index (χ1v) is 5.55. The summed E-state index contributed by atoms with van der Waals surface area (Å²) >= 11 is 1.59. The molecule has 1 unspecified atom stereocenters. The van der Waals surface area contributed by atoms with E-state index in [1.165, 1.54) is 0 Å². The Bertz CT molecular complexity index is 453. The third-order valence-corrected chi connectivity index (χ3v) is 3.44. The van der Waals surface area contributed by atoms with E-state index in [4.69, 9.17) is 10.3 Å². The van der Waals surface area contributed by atoms with Crippen LogP contribution in [-0.4, -0.2) is 10.1 Å². The first-order valence-electron chi connectivity index (χ1n) is 4.74. The maximum atomic E-state index is 5.79. The lowest BCUT2D eigenvalue weighted by Gasteiger charge is -1.97. The second-order valence-electron chi connectivity index (χ2n) is 3.56. The van der Waals surface area contributed by atoms with Gasteiger partial charge < -0.3 is 10.3 Å². The van der Waals surface area contributed by atoms with E-state index in [-0.39, 0.29) is 6.04 Å². The molecule has 0 amide bonds. The van der Waals surface area contributed by atoms with E-state index in [0.717, 1.165) is 26.9 Å². The van der Waals surface area contributed by atoms with Gasteiger partial charge in [0.2, 0.25) is 0 Å². The lowest BCUT2D eigenvalue weighted by Crippen LogP contribution is -2.01. The summed E-state index contributed by atoms with van der Waals surface area (Å²) in [5.41, 5.74) is 7.65. The summed E-state index contributed by atoms with van der Waals surface area (Å²) in [5.74, 6) is 0.804. The van der Waals surface area contributed by atoms with Crippen molar-refractivity contribution in [1.82, 2.24) is 10.1 Å². The summed E-state index contributed by atoms with van der Waals surface area (Å²) in [6.07, 6.45) is 1.82. The number of thiazole rings is 1. The van der Waals surface area contributed by atoms with Gasteiger partial charge >= 0.3 is 0 Å². The zero-order chi connectivity index (χ0) is 11.0. The third-order valence-electron chi connectivity index (χ3n) is 2.22. The number of aromatic nitrogens is 2. The average molecular weight is 223 g/mol. The van der Waals surface area contributed by atoms with Crippen LogP contribution in [0.25, 0.3) is 10.6 Å². The summed E-state index contributed by atoms with van der Waals surface area (Å²) in [4.78, 5) is 5.41. The van der Waals surface area contributed by atoms with Gasteiger partial charge in [-0.3, -0.25) is 0 Å². The van der Waals surface area contributed by atoms with Gasteiger partial charge in [-0.2, -0.15) is 0 Å². The first kappa shape index (κ1) is 10.3. The number of rotatable bonds is 2. The molecule has 80 valence electrons. The highest BCUT2D eigenvalue weighted by Gasteiger charge is 2.15. The highest BCUT2D eigenvalue weighted by atomic mass is 32.1. The lowest BCUT2D eigenvalue weighted by molar-refractivity contribution is 0.393. The van der Waals surface area contributed by atoms with Crippen LogP contribution in [0.4, 0.5) is 0 Å². The van der Waals surface area contributed by atoms with Crippen LogP contribution in [0.1, 0.15) is 29.3 Å². The van der Waals surface area contributed by atoms with Gasteiger partial charge in [-0.1, -0.05) is 5.16 Å². The molecule has 0 aliphatic heterocycles. The molecule has 15 heavy (non-hydrogen) atoms. The molecule has 0 spiro atoms. The molecular weight excluding hydrogens is 210 g/mol. The van der Waals surface area contributed by atoms with Crippen LogP contribution in [0.3, 0.4) is 0 Å². The topological polar surface area (TPSA) is 64.9 Å². The van der Waals surface area contributed by atoms with E-state index in [1.807, 2.05) is 27.0 Å². The first-order chi connectivity index (χ1) is 7.09. The summed E-state index contributed by atoms with van der Waals surface area (Å²) in [5, 5.41) is 4.84. The molecule has 0 aliphatic carbocycles. The molecular formula is C10H13N3OS. The van der Waals surface area contributed by atoms with Crippen LogP contribution in [0.2, 0.25) is 0 Å². The van der Waals surface area contributed by atoms with Crippen molar-refractivity contribution in [1.29, 1.82) is 0 Å². The van der Waals surface area contributed by atoms with Crippen molar-refractivity contribution < 1.29 is 4.52 Å². The summed E-state index contributed by atoms with van der Waals surface area (Å²) in [6, 6.07) is 0.0247. The molecule has 0 aromatic carbocycles. The molecule has 2 heterocycles. The Morgan fingerprint density at radius 3 is 2.67 bits per heavy atom. The third kappa shape index (κ3) is 1.80. The van der Waals surface area contributed by atoms with Crippen molar-refractivity contribution in [2.45, 2.75) is 26.8 Å². The van der Waals surface area contributed by atoms with Crippen molar-refractivity contribution in [3.05, 3.63) is 22.5 Å². The Hall–Kier alpha value is -1.20. The van der Waals surface area contributed by atoms with Gasteiger partial charge in [-0.15, -0.1) is 11.3 Å². The lowest BCUT2D eigenvalue weighted by atomic mass is 10.2. The number of nitrogens with two attached hydrogens (primary N) is 1. The minimum absolute atomic E-state index is 0.0247. The molecule has 2 aromatic rings. The molecule has 2 aromatic heterocycles. The molecule has 2 rings (SSSR count). The standard InChI is InChI=1S/C10H13N3OS/c1-5(11)8-4-12-10(15-8)9-6(2)13-14-7(9)3/h4-5H,11H2,1-3H3. The van der Waals surface area contributed by atoms with Gasteiger partial charge in [0.25, 0.3) is 0 Å². The van der Waals surface area contributed by atoms with Crippen molar-refractivity contribution in [3.8, 4) is 10.6 Å². The van der Waals surface area contributed by atoms with Crippen LogP contribution in [-0.2, 0) is 0 Å². The fraction of sp³-hybridized carbons (Fsp3) is 0.400. The number of hydrogen-bond donors (Lipinski definition) is 1. The van der Waals surface area contributed by atoms with E-state index in [2.05, 4.69) is 10.1 Å². The molecule has 0 aliphatic rings. The largest absolute Gasteiger partial charge is 0.361 e. The second-order valence-corrected chi connectivity index (χ2v) is 4.62. The van der Waals surface area contributed by atoms with E-state index in [1.54, 1.807) is 11.3 Å². The van der Waals surface area contributed by atoms with E-state index in [9.17, 15) is 0 Å². The molecule has 5 heteroatoms. The monoisotopic (exact) mass is 223 g/mol. The Morgan fingerprint density at radius 1 is 1.47 bits per heavy atom. The van der Waals surface area contributed by atoms with Crippen LogP contribution >= 0.6 is 11.3 Å². The van der Waals surface area contributed by atoms with Gasteiger partial charge in [-0.05, 0) is 20.8 Å². The van der Waals surface area contributed by atoms with Crippen LogP contribution in [0.5, 0.6) is 0 Å². The SMILES string of the molecule is Cc1noc(C)c1-c1ncc(C(C)N)s1. The molecule has 0 saturated carbocycles. The molecule has 0 saturated heterocycles. The normalized spacial score (nSPS) is 13.1. The fourth-order valence-corrected chi connectivity index (χ4v) is 2.41. The molecule has 0 fully saturated rings. The summed E-state index contributed by atoms with van der Waals surface area (Å²) in [6.45, 7) is 5.76. The molecule has 4 nitrogen and oxygen atoms in total. The quantitative estimate of drug-likeness (QED) is 0.849. The summed E-state index contributed by atoms with van der Waals surface area (Å²) in [7, 11) is 0. The molecule has 2 N–H and O–H groups in total. The van der Waals surface area contributed by atoms with Crippen LogP contribution < -0.4 is 5.73 Å². The van der Waals surface area contributed by atoms with Crippen LogP contribution in [0.15, 0.2) is 10.7 Å². The number of aryl methyl sites for hydroxylation is 2. The Morgan fingerprint density at radius 2 is 2.20 bits per heavy atom. The number of hydrogen-bond acceptors (Lipinski definition) is 5. The van der Waals surface area contributed by atoms with E-state index < -0.39 is 0 Å². The Kier molecular flexibility index (Phi) is 2.58. The number of nitrogens with zero attached hydrogens (tertiary/aromatic N) is 2. The van der Waals surface area contributed by atoms with Gasteiger partial charge in [0.15, 0.2) is 0 Å². The molecule has 0 radical (unpaired) electrons. The Balaban J connectivity index is 2.46. The highest BCUT2D eigenvalue weighted by Crippen LogP contribution is 2.32. The van der Waals surface area contributed by atoms with Crippen molar-refractivity contribution >= 4 is 11.3 Å². The maximum absolute atomic E-state index is 5.79. The van der Waals surface area contributed by atoms with E-state index in [0.29, 0.717) is 0 Å². The average Bonchev–Trinajstić information content (AvgIpc) is 2.73. The molecule has 0 bridgehead atoms. The minimum Gasteiger partial charge on any atom is -0.361 e. The predicted octanol–water partition coefficient (Wildman–Crippen LogP) is 2.43. The minimum atomic E-state index is 0.0247. The van der Waals surface area contributed by atoms with Crippen LogP contribution in [0, 0.1) is 13.8 Å². The van der Waals surface area contributed by atoms with E-state index >= 15 is 0 Å².